The van der Waals surface area contributed by atoms with Gasteiger partial charge in [0.05, 0.1) is 10.6 Å². The lowest BCUT2D eigenvalue weighted by atomic mass is 9.95. The van der Waals surface area contributed by atoms with Gasteiger partial charge in [-0.25, -0.2) is 8.42 Å². The van der Waals surface area contributed by atoms with E-state index in [1.54, 1.807) is 54.3 Å². The second kappa shape index (κ2) is 14.4. The lowest BCUT2D eigenvalue weighted by molar-refractivity contribution is -0.140. The van der Waals surface area contributed by atoms with Crippen molar-refractivity contribution in [1.82, 2.24) is 10.2 Å². The van der Waals surface area contributed by atoms with Gasteiger partial charge in [-0.05, 0) is 87.1 Å². The molecule has 3 aromatic rings. The van der Waals surface area contributed by atoms with Gasteiger partial charge in [0, 0.05) is 17.6 Å². The molecule has 1 fully saturated rings. The van der Waals surface area contributed by atoms with Crippen molar-refractivity contribution in [2.45, 2.75) is 89.7 Å². The van der Waals surface area contributed by atoms with E-state index in [2.05, 4.69) is 5.32 Å². The van der Waals surface area contributed by atoms with Gasteiger partial charge in [-0.2, -0.15) is 0 Å². The van der Waals surface area contributed by atoms with Gasteiger partial charge in [-0.1, -0.05) is 79.7 Å². The third-order valence-corrected chi connectivity index (χ3v) is 10.3. The predicted molar refractivity (Wildman–Crippen MR) is 173 cm³/mol. The topological polar surface area (TPSA) is 86.8 Å². The average molecular weight is 624 g/mol. The van der Waals surface area contributed by atoms with E-state index in [0.717, 1.165) is 53.1 Å². The Bertz CT molecular complexity index is 1540. The van der Waals surface area contributed by atoms with Crippen LogP contribution < -0.4 is 9.62 Å². The highest BCUT2D eigenvalue weighted by Gasteiger charge is 2.35. The van der Waals surface area contributed by atoms with E-state index >= 15 is 0 Å². The Hall–Kier alpha value is -3.36. The van der Waals surface area contributed by atoms with Crippen molar-refractivity contribution >= 4 is 39.1 Å². The van der Waals surface area contributed by atoms with Gasteiger partial charge in [0.2, 0.25) is 11.8 Å². The molecule has 3 aromatic carbocycles. The fourth-order valence-electron chi connectivity index (χ4n) is 5.68. The van der Waals surface area contributed by atoms with Gasteiger partial charge in [0.15, 0.2) is 0 Å². The van der Waals surface area contributed by atoms with Crippen LogP contribution in [-0.2, 0) is 26.2 Å². The molecule has 1 saturated carbocycles. The number of hydrogen-bond donors (Lipinski definition) is 1. The molecule has 0 heterocycles. The summed E-state index contributed by atoms with van der Waals surface area (Å²) in [6.07, 6.45) is 5.54. The smallest absolute Gasteiger partial charge is 0.264 e. The Balaban J connectivity index is 1.74. The summed E-state index contributed by atoms with van der Waals surface area (Å²) >= 11 is 6.22. The maximum atomic E-state index is 14.4. The number of hydrogen-bond acceptors (Lipinski definition) is 4. The van der Waals surface area contributed by atoms with Gasteiger partial charge in [-0.3, -0.25) is 13.9 Å². The van der Waals surface area contributed by atoms with Crippen LogP contribution in [0.4, 0.5) is 5.69 Å². The normalized spacial score (nSPS) is 14.6. The van der Waals surface area contributed by atoms with Crippen LogP contribution >= 0.6 is 11.6 Å². The number of rotatable bonds is 11. The number of benzene rings is 3. The molecule has 1 N–H and O–H groups in total. The molecule has 7 nitrogen and oxygen atoms in total. The van der Waals surface area contributed by atoms with Gasteiger partial charge in [-0.15, -0.1) is 0 Å². The van der Waals surface area contributed by atoms with Crippen LogP contribution in [-0.4, -0.2) is 43.8 Å². The zero-order valence-electron chi connectivity index (χ0n) is 25.5. The molecule has 0 spiro atoms. The van der Waals surface area contributed by atoms with E-state index in [0.29, 0.717) is 22.7 Å². The molecule has 43 heavy (non-hydrogen) atoms. The molecule has 1 aliphatic rings. The highest BCUT2D eigenvalue weighted by Crippen LogP contribution is 2.30. The van der Waals surface area contributed by atoms with E-state index in [-0.39, 0.29) is 23.4 Å². The third kappa shape index (κ3) is 7.98. The number of carbonyl (C=O) groups excluding carboxylic acids is 2. The summed E-state index contributed by atoms with van der Waals surface area (Å²) in [5.74, 6) is -0.661. The minimum Gasteiger partial charge on any atom is -0.352 e. The summed E-state index contributed by atoms with van der Waals surface area (Å²) < 4.78 is 29.4. The quantitative estimate of drug-likeness (QED) is 0.257. The molecule has 2 amide bonds. The molecule has 0 aromatic heterocycles. The molecule has 0 saturated heterocycles. The Morgan fingerprint density at radius 3 is 2.23 bits per heavy atom. The molecule has 0 bridgehead atoms. The molecular weight excluding hydrogens is 582 g/mol. The Morgan fingerprint density at radius 1 is 0.930 bits per heavy atom. The summed E-state index contributed by atoms with van der Waals surface area (Å²) in [6, 6.07) is 18.5. The van der Waals surface area contributed by atoms with Crippen LogP contribution in [0, 0.1) is 20.8 Å². The highest BCUT2D eigenvalue weighted by molar-refractivity contribution is 7.92. The second-order valence-corrected chi connectivity index (χ2v) is 13.8. The average Bonchev–Trinajstić information content (AvgIpc) is 2.97. The molecule has 9 heteroatoms. The van der Waals surface area contributed by atoms with Crippen molar-refractivity contribution in [3.05, 3.63) is 94.0 Å². The molecule has 1 atom stereocenters. The van der Waals surface area contributed by atoms with Gasteiger partial charge >= 0.3 is 0 Å². The summed E-state index contributed by atoms with van der Waals surface area (Å²) in [4.78, 5) is 29.7. The molecule has 4 rings (SSSR count). The summed E-state index contributed by atoms with van der Waals surface area (Å²) in [5, 5.41) is 3.65. The van der Waals surface area contributed by atoms with Crippen LogP contribution in [0.15, 0.2) is 71.6 Å². The number of amides is 2. The minimum absolute atomic E-state index is 0.0767. The summed E-state index contributed by atoms with van der Waals surface area (Å²) in [5.41, 5.74) is 3.77. The molecule has 0 unspecified atom stereocenters. The summed E-state index contributed by atoms with van der Waals surface area (Å²) in [6.45, 7) is 7.20. The number of nitrogens with one attached hydrogen (secondary N) is 1. The van der Waals surface area contributed by atoms with Crippen molar-refractivity contribution in [2.75, 3.05) is 10.8 Å². The highest BCUT2D eigenvalue weighted by atomic mass is 35.5. The van der Waals surface area contributed by atoms with E-state index in [4.69, 9.17) is 11.6 Å². The number of nitrogens with zero attached hydrogens (tertiary/aromatic N) is 2. The van der Waals surface area contributed by atoms with Crippen LogP contribution in [0.3, 0.4) is 0 Å². The predicted octanol–water partition coefficient (Wildman–Crippen LogP) is 6.72. The van der Waals surface area contributed by atoms with Gasteiger partial charge < -0.3 is 10.2 Å². The first-order chi connectivity index (χ1) is 20.5. The Kier molecular flexibility index (Phi) is 10.9. The number of anilines is 1. The van der Waals surface area contributed by atoms with Gasteiger partial charge in [0.25, 0.3) is 10.0 Å². The zero-order valence-corrected chi connectivity index (χ0v) is 27.0. The van der Waals surface area contributed by atoms with Crippen molar-refractivity contribution in [3.63, 3.8) is 0 Å². The van der Waals surface area contributed by atoms with Crippen molar-refractivity contribution < 1.29 is 18.0 Å². The number of halogens is 1. The SMILES string of the molecule is CC[C@@H](C(=O)NC1CCCCC1)N(Cc1ccccc1C)C(=O)CN(c1ccc(Cl)cc1C)S(=O)(=O)c1ccc(C)cc1. The standard InChI is InChI=1S/C34H42ClN3O4S/c1-5-31(34(40)36-29-13-7-6-8-14-29)37(22-27-12-10-9-11-25(27)3)33(39)23-38(32-20-17-28(35)21-26(32)4)43(41,42)30-18-15-24(2)16-19-30/h9-12,15-21,29,31H,5-8,13-14,22-23H2,1-4H3,(H,36,40)/t31-/m0/s1. The largest absolute Gasteiger partial charge is 0.352 e. The lowest BCUT2D eigenvalue weighted by Crippen LogP contribution is -2.54. The van der Waals surface area contributed by atoms with Crippen LogP contribution in [0.1, 0.15) is 67.7 Å². The van der Waals surface area contributed by atoms with Crippen molar-refractivity contribution in [1.29, 1.82) is 0 Å². The lowest BCUT2D eigenvalue weighted by Gasteiger charge is -2.35. The molecule has 230 valence electrons. The second-order valence-electron chi connectivity index (χ2n) is 11.5. The Labute approximate surface area is 261 Å². The van der Waals surface area contributed by atoms with E-state index < -0.39 is 28.5 Å². The van der Waals surface area contributed by atoms with Crippen molar-refractivity contribution in [3.8, 4) is 0 Å². The monoisotopic (exact) mass is 623 g/mol. The fraction of sp³-hybridized carbons (Fsp3) is 0.412. The maximum Gasteiger partial charge on any atom is 0.264 e. The minimum atomic E-state index is -4.15. The van der Waals surface area contributed by atoms with Crippen LogP contribution in [0.2, 0.25) is 5.02 Å². The zero-order chi connectivity index (χ0) is 31.1. The number of carbonyl (C=O) groups is 2. The number of aryl methyl sites for hydroxylation is 3. The number of sulfonamides is 1. The fourth-order valence-corrected chi connectivity index (χ4v) is 7.39. The summed E-state index contributed by atoms with van der Waals surface area (Å²) in [7, 11) is -4.15. The van der Waals surface area contributed by atoms with E-state index in [1.807, 2.05) is 45.0 Å². The van der Waals surface area contributed by atoms with Crippen LogP contribution in [0.25, 0.3) is 0 Å². The molecule has 1 aliphatic carbocycles. The first-order valence-electron chi connectivity index (χ1n) is 15.0. The van der Waals surface area contributed by atoms with Crippen molar-refractivity contribution in [2.24, 2.45) is 0 Å². The van der Waals surface area contributed by atoms with E-state index in [9.17, 15) is 18.0 Å². The van der Waals surface area contributed by atoms with Crippen LogP contribution in [0.5, 0.6) is 0 Å². The first kappa shape index (κ1) is 32.6. The van der Waals surface area contributed by atoms with Gasteiger partial charge in [0.1, 0.15) is 12.6 Å². The first-order valence-corrected chi connectivity index (χ1v) is 16.8. The molecule has 0 radical (unpaired) electrons. The molecular formula is C34H42ClN3O4S. The molecule has 0 aliphatic heterocycles. The van der Waals surface area contributed by atoms with E-state index in [1.165, 1.54) is 0 Å². The Morgan fingerprint density at radius 2 is 1.60 bits per heavy atom. The maximum absolute atomic E-state index is 14.4. The third-order valence-electron chi connectivity index (χ3n) is 8.25.